The van der Waals surface area contributed by atoms with Crippen molar-refractivity contribution in [2.75, 3.05) is 33.8 Å². The van der Waals surface area contributed by atoms with Gasteiger partial charge in [-0.3, -0.25) is 14.4 Å². The van der Waals surface area contributed by atoms with Gasteiger partial charge in [0, 0.05) is 30.6 Å². The fraction of sp³-hybridized carbons (Fsp3) is 0.611. The van der Waals surface area contributed by atoms with Gasteiger partial charge in [0.1, 0.15) is 12.1 Å². The molecule has 248 valence electrons. The zero-order valence-electron chi connectivity index (χ0n) is 28.3. The number of likely N-dealkylation sites (N-methyl/N-ethyl adjacent to an activating group) is 1. The number of carbonyl (C=O) groups is 2. The van der Waals surface area contributed by atoms with E-state index in [0.29, 0.717) is 23.9 Å². The fourth-order valence-electron chi connectivity index (χ4n) is 7.15. The second kappa shape index (κ2) is 14.7. The maximum Gasteiger partial charge on any atom is 0.251 e. The zero-order chi connectivity index (χ0) is 33.1. The lowest BCUT2D eigenvalue weighted by molar-refractivity contribution is -0.182. The third-order valence-electron chi connectivity index (χ3n) is 10.8. The Morgan fingerprint density at radius 2 is 1.82 bits per heavy atom. The van der Waals surface area contributed by atoms with Gasteiger partial charge < -0.3 is 25.7 Å². The highest BCUT2D eigenvalue weighted by atomic mass is 16.7. The van der Waals surface area contributed by atoms with Gasteiger partial charge in [0.05, 0.1) is 19.3 Å². The van der Waals surface area contributed by atoms with Crippen LogP contribution in [0, 0.1) is 29.1 Å². The molecule has 1 saturated carbocycles. The minimum Gasteiger partial charge on any atom is -0.394 e. The molecule has 9 nitrogen and oxygen atoms in total. The van der Waals surface area contributed by atoms with Crippen LogP contribution in [0.1, 0.15) is 63.9 Å². The van der Waals surface area contributed by atoms with Gasteiger partial charge in [-0.1, -0.05) is 71.0 Å². The van der Waals surface area contributed by atoms with E-state index in [1.165, 1.54) is 0 Å². The SMILES string of the molecule is C[C@@H]1[C@@H](NC(=O)[C@@H]2[C@H]([C@H](C)O)[C@H](CO)ON2Cc2cccc(-c3ccccc3C(=O)NCCN(C)C)c2)C[C@@H](C)C(C)(C)[C@H]1C. The number of nitrogens with zero attached hydrogens (tertiary/aromatic N) is 2. The second-order valence-corrected chi connectivity index (χ2v) is 14.2. The van der Waals surface area contributed by atoms with Crippen molar-refractivity contribution in [2.24, 2.45) is 29.1 Å². The number of hydrogen-bond acceptors (Lipinski definition) is 7. The van der Waals surface area contributed by atoms with Gasteiger partial charge in [-0.05, 0) is 79.4 Å². The van der Waals surface area contributed by atoms with Crippen LogP contribution >= 0.6 is 0 Å². The Labute approximate surface area is 269 Å². The molecular formula is C36H54N4O5. The first-order valence-electron chi connectivity index (χ1n) is 16.4. The lowest BCUT2D eigenvalue weighted by Crippen LogP contribution is -2.56. The van der Waals surface area contributed by atoms with Crippen LogP contribution in [0.25, 0.3) is 11.1 Å². The minimum atomic E-state index is -0.868. The van der Waals surface area contributed by atoms with E-state index < -0.39 is 24.2 Å². The van der Waals surface area contributed by atoms with Gasteiger partial charge in [0.25, 0.3) is 5.91 Å². The number of rotatable bonds is 11. The molecule has 2 aliphatic rings. The molecule has 0 unspecified atom stereocenters. The third-order valence-corrected chi connectivity index (χ3v) is 10.8. The number of aliphatic hydroxyl groups excluding tert-OH is 2. The molecule has 2 aromatic carbocycles. The molecule has 2 aromatic rings. The second-order valence-electron chi connectivity index (χ2n) is 14.2. The van der Waals surface area contributed by atoms with Crippen molar-refractivity contribution in [1.82, 2.24) is 20.6 Å². The fourth-order valence-corrected chi connectivity index (χ4v) is 7.15. The van der Waals surface area contributed by atoms with Crippen molar-refractivity contribution >= 4 is 11.8 Å². The largest absolute Gasteiger partial charge is 0.394 e. The van der Waals surface area contributed by atoms with E-state index in [9.17, 15) is 19.8 Å². The maximum absolute atomic E-state index is 14.1. The highest BCUT2D eigenvalue weighted by Crippen LogP contribution is 2.47. The van der Waals surface area contributed by atoms with Crippen LogP contribution in [0.15, 0.2) is 48.5 Å². The van der Waals surface area contributed by atoms with Crippen LogP contribution in [-0.2, 0) is 16.2 Å². The summed E-state index contributed by atoms with van der Waals surface area (Å²) in [6, 6.07) is 14.6. The molecule has 0 spiro atoms. The molecule has 4 rings (SSSR count). The minimum absolute atomic E-state index is 0.00361. The Kier molecular flexibility index (Phi) is 11.5. The van der Waals surface area contributed by atoms with Crippen LogP contribution in [0.4, 0.5) is 0 Å². The molecule has 1 heterocycles. The molecule has 1 saturated heterocycles. The molecule has 45 heavy (non-hydrogen) atoms. The standard InChI is InChI=1S/C36H54N4O5/c1-22-18-30(23(2)24(3)36(22,5)6)38-35(44)33-32(25(4)42)31(21-41)45-40(33)20-26-12-11-13-27(19-26)28-14-9-10-15-29(28)34(43)37-16-17-39(7)8/h9-15,19,22-25,30-33,41-42H,16-18,20-21H2,1-8H3,(H,37,43)(H,38,44)/t22-,23+,24+,25+,30+,31+,32-,33+/m1/s1. The lowest BCUT2D eigenvalue weighted by Gasteiger charge is -2.50. The first-order chi connectivity index (χ1) is 21.3. The summed E-state index contributed by atoms with van der Waals surface area (Å²) in [6.07, 6.45) is -0.700. The van der Waals surface area contributed by atoms with Gasteiger partial charge >= 0.3 is 0 Å². The number of amides is 2. The van der Waals surface area contributed by atoms with Gasteiger partial charge in [0.2, 0.25) is 5.91 Å². The van der Waals surface area contributed by atoms with Crippen LogP contribution < -0.4 is 10.6 Å². The Morgan fingerprint density at radius 3 is 2.49 bits per heavy atom. The topological polar surface area (TPSA) is 114 Å². The molecule has 9 heteroatoms. The maximum atomic E-state index is 14.1. The predicted molar refractivity (Wildman–Crippen MR) is 177 cm³/mol. The summed E-state index contributed by atoms with van der Waals surface area (Å²) in [5, 5.41) is 28.9. The molecule has 0 bridgehead atoms. The summed E-state index contributed by atoms with van der Waals surface area (Å²) in [7, 11) is 3.93. The molecule has 1 aliphatic carbocycles. The first-order valence-corrected chi connectivity index (χ1v) is 16.4. The van der Waals surface area contributed by atoms with E-state index in [1.807, 2.05) is 67.5 Å². The highest BCUT2D eigenvalue weighted by molar-refractivity contribution is 6.00. The Morgan fingerprint density at radius 1 is 1.11 bits per heavy atom. The van der Waals surface area contributed by atoms with Crippen LogP contribution in [0.3, 0.4) is 0 Å². The summed E-state index contributed by atoms with van der Waals surface area (Å²) in [5.74, 6) is 0.210. The van der Waals surface area contributed by atoms with Crippen molar-refractivity contribution in [3.8, 4) is 11.1 Å². The van der Waals surface area contributed by atoms with Crippen molar-refractivity contribution in [2.45, 2.75) is 78.8 Å². The zero-order valence-corrected chi connectivity index (χ0v) is 28.3. The number of hydrogen-bond donors (Lipinski definition) is 4. The van der Waals surface area contributed by atoms with Crippen LogP contribution in [0.2, 0.25) is 0 Å². The first kappa shape index (κ1) is 35.0. The van der Waals surface area contributed by atoms with Crippen molar-refractivity contribution < 1.29 is 24.6 Å². The third kappa shape index (κ3) is 7.77. The monoisotopic (exact) mass is 622 g/mol. The van der Waals surface area contributed by atoms with Gasteiger partial charge in [0.15, 0.2) is 0 Å². The normalized spacial score (nSPS) is 29.0. The number of aliphatic hydroxyl groups is 2. The smallest absolute Gasteiger partial charge is 0.251 e. The van der Waals surface area contributed by atoms with Crippen molar-refractivity contribution in [3.63, 3.8) is 0 Å². The van der Waals surface area contributed by atoms with Crippen LogP contribution in [-0.4, -0.2) is 90.1 Å². The quantitative estimate of drug-likeness (QED) is 0.300. The lowest BCUT2D eigenvalue weighted by atomic mass is 9.58. The van der Waals surface area contributed by atoms with Gasteiger partial charge in [-0.25, -0.2) is 0 Å². The molecule has 0 radical (unpaired) electrons. The van der Waals surface area contributed by atoms with E-state index in [2.05, 4.69) is 45.3 Å². The molecular weight excluding hydrogens is 568 g/mol. The summed E-state index contributed by atoms with van der Waals surface area (Å²) < 4.78 is 0. The number of hydroxylamine groups is 2. The molecule has 0 aromatic heterocycles. The Balaban J connectivity index is 1.58. The molecule has 4 N–H and O–H groups in total. The average Bonchev–Trinajstić information content (AvgIpc) is 3.37. The predicted octanol–water partition coefficient (Wildman–Crippen LogP) is 3.94. The summed E-state index contributed by atoms with van der Waals surface area (Å²) in [6.45, 7) is 14.2. The van der Waals surface area contributed by atoms with E-state index in [0.717, 1.165) is 29.7 Å². The van der Waals surface area contributed by atoms with Crippen LogP contribution in [0.5, 0.6) is 0 Å². The number of nitrogens with one attached hydrogen (secondary N) is 2. The molecule has 1 aliphatic heterocycles. The molecule has 2 amide bonds. The number of benzene rings is 2. The van der Waals surface area contributed by atoms with E-state index in [4.69, 9.17) is 4.84 Å². The van der Waals surface area contributed by atoms with Crippen molar-refractivity contribution in [3.05, 3.63) is 59.7 Å². The van der Waals surface area contributed by atoms with Crippen molar-refractivity contribution in [1.29, 1.82) is 0 Å². The Hall–Kier alpha value is -2.82. The summed E-state index contributed by atoms with van der Waals surface area (Å²) in [5.41, 5.74) is 3.32. The Bertz CT molecular complexity index is 1310. The highest BCUT2D eigenvalue weighted by Gasteiger charge is 2.51. The number of carbonyl (C=O) groups excluding carboxylic acids is 2. The van der Waals surface area contributed by atoms with Gasteiger partial charge in [-0.2, -0.15) is 5.06 Å². The van der Waals surface area contributed by atoms with E-state index >= 15 is 0 Å². The summed E-state index contributed by atoms with van der Waals surface area (Å²) in [4.78, 5) is 35.4. The molecule has 8 atom stereocenters. The van der Waals surface area contributed by atoms with E-state index in [1.54, 1.807) is 12.0 Å². The molecule has 2 fully saturated rings. The summed E-state index contributed by atoms with van der Waals surface area (Å²) >= 11 is 0. The van der Waals surface area contributed by atoms with E-state index in [-0.39, 0.29) is 42.3 Å². The van der Waals surface area contributed by atoms with Gasteiger partial charge in [-0.15, -0.1) is 0 Å². The average molecular weight is 623 g/mol.